The molecule has 0 radical (unpaired) electrons. The van der Waals surface area contributed by atoms with Crippen LogP contribution in [0.1, 0.15) is 12.6 Å². The summed E-state index contributed by atoms with van der Waals surface area (Å²) in [5.74, 6) is 0.0605. The summed E-state index contributed by atoms with van der Waals surface area (Å²) in [6.07, 6.45) is 1.68. The number of fused-ring (bicyclic) bond motifs is 1. The molecular formula is C17H16BrN3O3. The Bertz CT molecular complexity index is 958. The van der Waals surface area contributed by atoms with E-state index in [0.717, 1.165) is 10.0 Å². The van der Waals surface area contributed by atoms with Gasteiger partial charge in [-0.1, -0.05) is 28.1 Å². The molecule has 24 heavy (non-hydrogen) atoms. The molecule has 0 aliphatic carbocycles. The molecule has 0 fully saturated rings. The molecule has 3 rings (SSSR count). The smallest absolute Gasteiger partial charge is 0.326 e. The number of halogens is 1. The third-order valence-corrected chi connectivity index (χ3v) is 4.19. The predicted molar refractivity (Wildman–Crippen MR) is 94.0 cm³/mol. The van der Waals surface area contributed by atoms with Gasteiger partial charge in [-0.3, -0.25) is 14.0 Å². The zero-order valence-electron chi connectivity index (χ0n) is 13.3. The zero-order chi connectivity index (χ0) is 17.3. The van der Waals surface area contributed by atoms with Gasteiger partial charge in [-0.15, -0.1) is 0 Å². The Morgan fingerprint density at radius 3 is 2.67 bits per heavy atom. The number of carbonyl (C=O) groups is 1. The summed E-state index contributed by atoms with van der Waals surface area (Å²) in [5.41, 5.74) is 2.04. The van der Waals surface area contributed by atoms with Gasteiger partial charge >= 0.3 is 5.97 Å². The second-order valence-electron chi connectivity index (χ2n) is 5.32. The van der Waals surface area contributed by atoms with Crippen molar-refractivity contribution >= 4 is 27.7 Å². The highest BCUT2D eigenvalue weighted by atomic mass is 79.9. The van der Waals surface area contributed by atoms with Crippen molar-refractivity contribution in [1.82, 2.24) is 14.0 Å². The van der Waals surface area contributed by atoms with Crippen LogP contribution in [0.2, 0.25) is 0 Å². The van der Waals surface area contributed by atoms with Crippen LogP contribution >= 0.6 is 15.9 Å². The molecular weight excluding hydrogens is 374 g/mol. The minimum absolute atomic E-state index is 0.0141. The molecule has 0 amide bonds. The Morgan fingerprint density at radius 2 is 2.00 bits per heavy atom. The van der Waals surface area contributed by atoms with E-state index in [1.54, 1.807) is 24.6 Å². The summed E-state index contributed by atoms with van der Waals surface area (Å²) >= 11 is 3.40. The summed E-state index contributed by atoms with van der Waals surface area (Å²) < 4.78 is 9.10. The van der Waals surface area contributed by atoms with E-state index in [0.29, 0.717) is 23.8 Å². The molecule has 0 spiro atoms. The number of hydrogen-bond acceptors (Lipinski definition) is 4. The molecule has 6 nitrogen and oxygen atoms in total. The number of rotatable bonds is 4. The predicted octanol–water partition coefficient (Wildman–Crippen LogP) is 2.80. The maximum Gasteiger partial charge on any atom is 0.326 e. The molecule has 0 N–H and O–H groups in total. The zero-order valence-corrected chi connectivity index (χ0v) is 14.9. The normalized spacial score (nSPS) is 11.0. The third-order valence-electron chi connectivity index (χ3n) is 3.66. The highest BCUT2D eigenvalue weighted by Gasteiger charge is 2.14. The number of carbonyl (C=O) groups excluding carboxylic acids is 1. The van der Waals surface area contributed by atoms with Crippen molar-refractivity contribution < 1.29 is 9.53 Å². The highest BCUT2D eigenvalue weighted by molar-refractivity contribution is 9.10. The lowest BCUT2D eigenvalue weighted by molar-refractivity contribution is -0.143. The molecule has 2 heterocycles. The number of nitrogens with zero attached hydrogens (tertiary/aromatic N) is 3. The number of hydrogen-bond donors (Lipinski definition) is 0. The molecule has 0 aliphatic rings. The van der Waals surface area contributed by atoms with Crippen molar-refractivity contribution in [3.05, 3.63) is 57.0 Å². The number of aryl methyl sites for hydroxylation is 1. The van der Waals surface area contributed by atoms with Crippen LogP contribution in [0.25, 0.3) is 17.0 Å². The first-order chi connectivity index (χ1) is 11.5. The standard InChI is InChI=1S/C17H16BrN3O3/c1-3-24-16(23)10-20-11(2)8-15(22)21-9-14(19-17(20)21)12-4-6-13(18)7-5-12/h4-9H,3,10H2,1-2H3. The van der Waals surface area contributed by atoms with E-state index >= 15 is 0 Å². The van der Waals surface area contributed by atoms with Crippen LogP contribution in [0.3, 0.4) is 0 Å². The van der Waals surface area contributed by atoms with Crippen molar-refractivity contribution in [2.45, 2.75) is 20.4 Å². The number of aromatic nitrogens is 3. The van der Waals surface area contributed by atoms with Crippen LogP contribution < -0.4 is 5.56 Å². The number of imidazole rings is 1. The van der Waals surface area contributed by atoms with Gasteiger partial charge in [-0.2, -0.15) is 0 Å². The molecule has 0 saturated carbocycles. The average molecular weight is 390 g/mol. The Hall–Kier alpha value is -2.41. The Labute approximate surface area is 146 Å². The molecule has 3 aromatic rings. The molecule has 124 valence electrons. The van der Waals surface area contributed by atoms with E-state index < -0.39 is 0 Å². The largest absolute Gasteiger partial charge is 0.465 e. The Kier molecular flexibility index (Phi) is 4.53. The summed E-state index contributed by atoms with van der Waals surface area (Å²) in [6, 6.07) is 9.14. The maximum atomic E-state index is 12.2. The fourth-order valence-corrected chi connectivity index (χ4v) is 2.76. The SMILES string of the molecule is CCOC(=O)Cn1c(C)cc(=O)n2cc(-c3ccc(Br)cc3)nc12. The quantitative estimate of drug-likeness (QED) is 0.643. The number of esters is 1. The summed E-state index contributed by atoms with van der Waals surface area (Å²) in [4.78, 5) is 28.6. The van der Waals surface area contributed by atoms with Crippen molar-refractivity contribution in [2.75, 3.05) is 6.61 Å². The van der Waals surface area contributed by atoms with Gasteiger partial charge in [0.15, 0.2) is 0 Å². The van der Waals surface area contributed by atoms with Crippen molar-refractivity contribution in [3.63, 3.8) is 0 Å². The van der Waals surface area contributed by atoms with E-state index in [-0.39, 0.29) is 18.1 Å². The van der Waals surface area contributed by atoms with Gasteiger partial charge < -0.3 is 9.30 Å². The molecule has 2 aromatic heterocycles. The molecule has 1 aromatic carbocycles. The van der Waals surface area contributed by atoms with E-state index in [4.69, 9.17) is 4.74 Å². The lowest BCUT2D eigenvalue weighted by Crippen LogP contribution is -2.22. The van der Waals surface area contributed by atoms with Crippen molar-refractivity contribution in [1.29, 1.82) is 0 Å². The van der Waals surface area contributed by atoms with E-state index in [1.165, 1.54) is 10.5 Å². The van der Waals surface area contributed by atoms with Gasteiger partial charge in [0, 0.05) is 28.0 Å². The first kappa shape index (κ1) is 16.4. The number of ether oxygens (including phenoxy) is 1. The van der Waals surface area contributed by atoms with Crippen LogP contribution in [-0.2, 0) is 16.1 Å². The Morgan fingerprint density at radius 1 is 1.29 bits per heavy atom. The van der Waals surface area contributed by atoms with Gasteiger partial charge in [-0.05, 0) is 26.0 Å². The van der Waals surface area contributed by atoms with Gasteiger partial charge in [0.05, 0.1) is 12.3 Å². The van der Waals surface area contributed by atoms with Gasteiger partial charge in [0.2, 0.25) is 5.78 Å². The highest BCUT2D eigenvalue weighted by Crippen LogP contribution is 2.21. The Balaban J connectivity index is 2.13. The molecule has 0 aliphatic heterocycles. The summed E-state index contributed by atoms with van der Waals surface area (Å²) in [6.45, 7) is 3.86. The van der Waals surface area contributed by atoms with Crippen LogP contribution in [0.5, 0.6) is 0 Å². The van der Waals surface area contributed by atoms with Crippen LogP contribution in [0.15, 0.2) is 45.8 Å². The van der Waals surface area contributed by atoms with Gasteiger partial charge in [-0.25, -0.2) is 4.98 Å². The molecule has 0 unspecified atom stereocenters. The van der Waals surface area contributed by atoms with E-state index in [9.17, 15) is 9.59 Å². The summed E-state index contributed by atoms with van der Waals surface area (Å²) in [7, 11) is 0. The van der Waals surface area contributed by atoms with E-state index in [1.807, 2.05) is 24.3 Å². The van der Waals surface area contributed by atoms with Gasteiger partial charge in [0.1, 0.15) is 6.54 Å². The third kappa shape index (κ3) is 3.12. The number of benzene rings is 1. The second-order valence-corrected chi connectivity index (χ2v) is 6.23. The van der Waals surface area contributed by atoms with Crippen LogP contribution in [0.4, 0.5) is 0 Å². The van der Waals surface area contributed by atoms with E-state index in [2.05, 4.69) is 20.9 Å². The molecule has 0 bridgehead atoms. The topological polar surface area (TPSA) is 65.6 Å². The second kappa shape index (κ2) is 6.60. The fraction of sp³-hybridized carbons (Fsp3) is 0.235. The minimum atomic E-state index is -0.362. The van der Waals surface area contributed by atoms with Crippen molar-refractivity contribution in [2.24, 2.45) is 0 Å². The summed E-state index contributed by atoms with van der Waals surface area (Å²) in [5, 5.41) is 0. The van der Waals surface area contributed by atoms with Crippen LogP contribution in [0, 0.1) is 6.92 Å². The lowest BCUT2D eigenvalue weighted by atomic mass is 10.2. The van der Waals surface area contributed by atoms with Crippen LogP contribution in [-0.4, -0.2) is 26.5 Å². The first-order valence-corrected chi connectivity index (χ1v) is 8.30. The monoisotopic (exact) mass is 389 g/mol. The fourth-order valence-electron chi connectivity index (χ4n) is 2.50. The molecule has 0 saturated heterocycles. The molecule has 7 heteroatoms. The maximum absolute atomic E-state index is 12.2. The lowest BCUT2D eigenvalue weighted by Gasteiger charge is -2.10. The first-order valence-electron chi connectivity index (χ1n) is 7.50. The minimum Gasteiger partial charge on any atom is -0.465 e. The van der Waals surface area contributed by atoms with Gasteiger partial charge in [0.25, 0.3) is 5.56 Å². The molecule has 0 atom stereocenters. The van der Waals surface area contributed by atoms with Crippen molar-refractivity contribution in [3.8, 4) is 11.3 Å². The average Bonchev–Trinajstić information content (AvgIpc) is 2.98.